The predicted octanol–water partition coefficient (Wildman–Crippen LogP) is 1.57. The van der Waals surface area contributed by atoms with Gasteiger partial charge in [0.05, 0.1) is 12.3 Å². The van der Waals surface area contributed by atoms with Gasteiger partial charge in [-0.1, -0.05) is 0 Å². The number of aliphatic hydroxyl groups is 1. The van der Waals surface area contributed by atoms with E-state index in [1.807, 2.05) is 0 Å². The Kier molecular flexibility index (Phi) is 3.89. The lowest BCUT2D eigenvalue weighted by molar-refractivity contribution is 0.229. The van der Waals surface area contributed by atoms with Crippen molar-refractivity contribution in [2.24, 2.45) is 0 Å². The average Bonchev–Trinajstić information content (AvgIpc) is 3.17. The molecule has 1 aromatic rings. The lowest BCUT2D eigenvalue weighted by atomic mass is 10.0. The first-order valence-corrected chi connectivity index (χ1v) is 7.69. The van der Waals surface area contributed by atoms with Crippen molar-refractivity contribution in [1.29, 1.82) is 0 Å². The molecule has 1 saturated carbocycles. The highest BCUT2D eigenvalue weighted by Gasteiger charge is 2.24. The zero-order valence-electron chi connectivity index (χ0n) is 11.9. The molecule has 19 heavy (non-hydrogen) atoms. The van der Waals surface area contributed by atoms with Crippen molar-refractivity contribution in [2.75, 3.05) is 6.61 Å². The number of hydrogen-bond acceptors (Lipinski definition) is 3. The molecule has 1 atom stereocenters. The van der Waals surface area contributed by atoms with E-state index in [1.54, 1.807) is 0 Å². The molecule has 2 aliphatic carbocycles. The van der Waals surface area contributed by atoms with Crippen LogP contribution in [0.5, 0.6) is 0 Å². The largest absolute Gasteiger partial charge is 0.395 e. The van der Waals surface area contributed by atoms with E-state index in [2.05, 4.69) is 16.8 Å². The van der Waals surface area contributed by atoms with Gasteiger partial charge in [-0.25, -0.2) is 4.98 Å². The van der Waals surface area contributed by atoms with Gasteiger partial charge in [0.2, 0.25) is 0 Å². The summed E-state index contributed by atoms with van der Waals surface area (Å²) in [6.45, 7) is 3.34. The standard InChI is InChI=1S/C15H25N3O/c1-11-16-14-4-2-3-5-15(14)18(11)9-8-13(10-19)17-12-6-7-12/h12-13,17,19H,2-10H2,1H3. The molecule has 3 rings (SSSR count). The van der Waals surface area contributed by atoms with Crippen LogP contribution in [0.3, 0.4) is 0 Å². The first kappa shape index (κ1) is 13.1. The first-order valence-electron chi connectivity index (χ1n) is 7.69. The Morgan fingerprint density at radius 1 is 1.37 bits per heavy atom. The van der Waals surface area contributed by atoms with Gasteiger partial charge in [-0.05, 0) is 51.9 Å². The fourth-order valence-electron chi connectivity index (χ4n) is 3.13. The first-order chi connectivity index (χ1) is 9.28. The third-order valence-corrected chi connectivity index (χ3v) is 4.39. The molecule has 0 spiro atoms. The maximum absolute atomic E-state index is 9.45. The lowest BCUT2D eigenvalue weighted by Crippen LogP contribution is -2.35. The highest BCUT2D eigenvalue weighted by Crippen LogP contribution is 2.23. The van der Waals surface area contributed by atoms with Gasteiger partial charge in [0.15, 0.2) is 0 Å². The van der Waals surface area contributed by atoms with Crippen LogP contribution in [0.4, 0.5) is 0 Å². The quantitative estimate of drug-likeness (QED) is 0.819. The maximum Gasteiger partial charge on any atom is 0.106 e. The van der Waals surface area contributed by atoms with Crippen LogP contribution in [-0.4, -0.2) is 33.3 Å². The van der Waals surface area contributed by atoms with Gasteiger partial charge in [-0.3, -0.25) is 0 Å². The monoisotopic (exact) mass is 263 g/mol. The van der Waals surface area contributed by atoms with Crippen LogP contribution in [-0.2, 0) is 19.4 Å². The molecule has 0 radical (unpaired) electrons. The number of nitrogens with one attached hydrogen (secondary N) is 1. The number of nitrogens with zero attached hydrogens (tertiary/aromatic N) is 2. The Balaban J connectivity index is 1.63. The topological polar surface area (TPSA) is 50.1 Å². The summed E-state index contributed by atoms with van der Waals surface area (Å²) in [6, 6.07) is 0.906. The Hall–Kier alpha value is -0.870. The minimum atomic E-state index is 0.242. The zero-order valence-corrected chi connectivity index (χ0v) is 11.9. The molecule has 0 bridgehead atoms. The fourth-order valence-corrected chi connectivity index (χ4v) is 3.13. The Morgan fingerprint density at radius 2 is 2.16 bits per heavy atom. The van der Waals surface area contributed by atoms with E-state index in [0.29, 0.717) is 6.04 Å². The summed E-state index contributed by atoms with van der Waals surface area (Å²) >= 11 is 0. The maximum atomic E-state index is 9.45. The molecule has 1 heterocycles. The van der Waals surface area contributed by atoms with E-state index >= 15 is 0 Å². The molecule has 1 fully saturated rings. The van der Waals surface area contributed by atoms with Crippen molar-refractivity contribution in [1.82, 2.24) is 14.9 Å². The summed E-state index contributed by atoms with van der Waals surface area (Å²) < 4.78 is 2.38. The third kappa shape index (κ3) is 3.00. The lowest BCUT2D eigenvalue weighted by Gasteiger charge is -2.19. The number of fused-ring (bicyclic) bond motifs is 1. The van der Waals surface area contributed by atoms with Gasteiger partial charge in [0.1, 0.15) is 5.82 Å². The van der Waals surface area contributed by atoms with Gasteiger partial charge < -0.3 is 15.0 Å². The molecule has 2 aliphatic rings. The van der Waals surface area contributed by atoms with Gasteiger partial charge in [-0.2, -0.15) is 0 Å². The van der Waals surface area contributed by atoms with Crippen molar-refractivity contribution >= 4 is 0 Å². The van der Waals surface area contributed by atoms with Gasteiger partial charge in [0, 0.05) is 24.3 Å². The number of rotatable bonds is 6. The SMILES string of the molecule is Cc1nc2c(n1CCC(CO)NC1CC1)CCCC2. The van der Waals surface area contributed by atoms with Gasteiger partial charge >= 0.3 is 0 Å². The summed E-state index contributed by atoms with van der Waals surface area (Å²) in [5.74, 6) is 1.15. The molecule has 0 aromatic carbocycles. The molecule has 106 valence electrons. The van der Waals surface area contributed by atoms with E-state index in [4.69, 9.17) is 4.98 Å². The highest BCUT2D eigenvalue weighted by molar-refractivity contribution is 5.19. The van der Waals surface area contributed by atoms with Gasteiger partial charge in [-0.15, -0.1) is 0 Å². The van der Waals surface area contributed by atoms with E-state index < -0.39 is 0 Å². The summed E-state index contributed by atoms with van der Waals surface area (Å²) in [4.78, 5) is 4.71. The zero-order chi connectivity index (χ0) is 13.2. The highest BCUT2D eigenvalue weighted by atomic mass is 16.3. The summed E-state index contributed by atoms with van der Waals surface area (Å²) in [7, 11) is 0. The van der Waals surface area contributed by atoms with E-state index in [9.17, 15) is 5.11 Å². The molecule has 4 heteroatoms. The van der Waals surface area contributed by atoms with Crippen molar-refractivity contribution < 1.29 is 5.11 Å². The normalized spacial score (nSPS) is 20.3. The number of aromatic nitrogens is 2. The molecule has 1 unspecified atom stereocenters. The summed E-state index contributed by atoms with van der Waals surface area (Å²) in [6.07, 6.45) is 8.44. The number of hydrogen-bond donors (Lipinski definition) is 2. The second-order valence-electron chi connectivity index (χ2n) is 6.02. The predicted molar refractivity (Wildman–Crippen MR) is 75.3 cm³/mol. The number of aliphatic hydroxyl groups excluding tert-OH is 1. The van der Waals surface area contributed by atoms with Crippen molar-refractivity contribution in [2.45, 2.75) is 70.5 Å². The molecular formula is C15H25N3O. The Bertz CT molecular complexity index is 437. The van der Waals surface area contributed by atoms with Crippen LogP contribution < -0.4 is 5.32 Å². The van der Waals surface area contributed by atoms with Crippen LogP contribution in [0.15, 0.2) is 0 Å². The molecule has 1 aromatic heterocycles. The molecule has 0 amide bonds. The average molecular weight is 263 g/mol. The number of imidazole rings is 1. The second-order valence-corrected chi connectivity index (χ2v) is 6.02. The molecule has 2 N–H and O–H groups in total. The van der Waals surface area contributed by atoms with Gasteiger partial charge in [0.25, 0.3) is 0 Å². The van der Waals surface area contributed by atoms with Crippen LogP contribution >= 0.6 is 0 Å². The van der Waals surface area contributed by atoms with E-state index in [-0.39, 0.29) is 12.6 Å². The second kappa shape index (κ2) is 5.63. The van der Waals surface area contributed by atoms with Crippen LogP contribution in [0, 0.1) is 6.92 Å². The minimum absolute atomic E-state index is 0.242. The Labute approximate surface area is 115 Å². The van der Waals surface area contributed by atoms with Crippen LogP contribution in [0.2, 0.25) is 0 Å². The smallest absolute Gasteiger partial charge is 0.106 e. The van der Waals surface area contributed by atoms with E-state index in [1.165, 1.54) is 43.5 Å². The number of aryl methyl sites for hydroxylation is 2. The van der Waals surface area contributed by atoms with Crippen molar-refractivity contribution in [3.63, 3.8) is 0 Å². The molecule has 4 nitrogen and oxygen atoms in total. The summed E-state index contributed by atoms with van der Waals surface area (Å²) in [5, 5.41) is 13.0. The molecule has 0 aliphatic heterocycles. The van der Waals surface area contributed by atoms with Crippen LogP contribution in [0.25, 0.3) is 0 Å². The fraction of sp³-hybridized carbons (Fsp3) is 0.800. The van der Waals surface area contributed by atoms with Crippen molar-refractivity contribution in [3.8, 4) is 0 Å². The minimum Gasteiger partial charge on any atom is -0.395 e. The van der Waals surface area contributed by atoms with Crippen molar-refractivity contribution in [3.05, 3.63) is 17.2 Å². The molecular weight excluding hydrogens is 238 g/mol. The van der Waals surface area contributed by atoms with Crippen LogP contribution in [0.1, 0.15) is 49.3 Å². The molecule has 0 saturated heterocycles. The Morgan fingerprint density at radius 3 is 2.89 bits per heavy atom. The third-order valence-electron chi connectivity index (χ3n) is 4.39. The summed E-state index contributed by atoms with van der Waals surface area (Å²) in [5.41, 5.74) is 2.77. The van der Waals surface area contributed by atoms with E-state index in [0.717, 1.165) is 25.2 Å².